The molecule has 0 unspecified atom stereocenters. The van der Waals surface area contributed by atoms with E-state index in [1.54, 1.807) is 9.80 Å². The van der Waals surface area contributed by atoms with Crippen LogP contribution in [0.5, 0.6) is 0 Å². The average Bonchev–Trinajstić information content (AvgIpc) is 3.14. The van der Waals surface area contributed by atoms with Crippen LogP contribution < -0.4 is 10.2 Å². The molecule has 30 heavy (non-hydrogen) atoms. The minimum Gasteiger partial charge on any atom is -0.369 e. The summed E-state index contributed by atoms with van der Waals surface area (Å²) in [5.41, 5.74) is -0.663. The van der Waals surface area contributed by atoms with Crippen LogP contribution in [0, 0.1) is 0 Å². The quantitative estimate of drug-likeness (QED) is 0.768. The van der Waals surface area contributed by atoms with Crippen molar-refractivity contribution in [3.8, 4) is 0 Å². The van der Waals surface area contributed by atoms with Crippen molar-refractivity contribution in [3.63, 3.8) is 0 Å². The van der Waals surface area contributed by atoms with E-state index in [0.717, 1.165) is 17.4 Å². The maximum absolute atomic E-state index is 13.7. The van der Waals surface area contributed by atoms with Crippen molar-refractivity contribution in [2.45, 2.75) is 26.1 Å². The van der Waals surface area contributed by atoms with Crippen LogP contribution in [0.1, 0.15) is 29.8 Å². The first-order valence-corrected chi connectivity index (χ1v) is 10.4. The number of ether oxygens (including phenoxy) is 1. The van der Waals surface area contributed by atoms with Gasteiger partial charge in [-0.1, -0.05) is 0 Å². The van der Waals surface area contributed by atoms with E-state index in [1.807, 2.05) is 13.8 Å². The van der Waals surface area contributed by atoms with Gasteiger partial charge in [0.25, 0.3) is 5.91 Å². The fourth-order valence-corrected chi connectivity index (χ4v) is 4.20. The summed E-state index contributed by atoms with van der Waals surface area (Å²) in [6.07, 6.45) is -4.64. The number of amides is 2. The third-order valence-electron chi connectivity index (χ3n) is 4.78. The van der Waals surface area contributed by atoms with Gasteiger partial charge in [-0.2, -0.15) is 13.2 Å². The van der Waals surface area contributed by atoms with Crippen LogP contribution in [0.4, 0.5) is 19.0 Å². The Hall–Kier alpha value is -2.40. The summed E-state index contributed by atoms with van der Waals surface area (Å²) in [5, 5.41) is 3.82. The molecule has 0 bridgehead atoms. The number of thiophene rings is 1. The number of halogens is 3. The minimum absolute atomic E-state index is 0.0233. The fourth-order valence-electron chi connectivity index (χ4n) is 3.18. The lowest BCUT2D eigenvalue weighted by molar-refractivity contribution is -0.138. The Morgan fingerprint density at radius 1 is 1.27 bits per heavy atom. The Bertz CT molecular complexity index is 937. The Balaban J connectivity index is 1.86. The molecule has 0 atom stereocenters. The molecule has 3 heterocycles. The Kier molecular flexibility index (Phi) is 6.51. The Morgan fingerprint density at radius 3 is 2.50 bits per heavy atom. The van der Waals surface area contributed by atoms with Gasteiger partial charge in [0.15, 0.2) is 0 Å². The molecule has 0 saturated carbocycles. The highest BCUT2D eigenvalue weighted by Crippen LogP contribution is 2.40. The topological polar surface area (TPSA) is 74.8 Å². The van der Waals surface area contributed by atoms with Crippen molar-refractivity contribution < 1.29 is 27.5 Å². The van der Waals surface area contributed by atoms with E-state index in [0.29, 0.717) is 26.2 Å². The van der Waals surface area contributed by atoms with Gasteiger partial charge in [0.1, 0.15) is 12.4 Å². The molecule has 0 radical (unpaired) electrons. The van der Waals surface area contributed by atoms with Gasteiger partial charge in [0.2, 0.25) is 5.91 Å². The second kappa shape index (κ2) is 8.76. The van der Waals surface area contributed by atoms with Crippen LogP contribution >= 0.6 is 11.3 Å². The zero-order valence-electron chi connectivity index (χ0n) is 16.9. The van der Waals surface area contributed by atoms with Crippen LogP contribution in [-0.4, -0.2) is 67.6 Å². The van der Waals surface area contributed by atoms with Gasteiger partial charge in [-0.05, 0) is 19.9 Å². The minimum atomic E-state index is -4.58. The smallest absolute Gasteiger partial charge is 0.369 e. The average molecular weight is 444 g/mol. The van der Waals surface area contributed by atoms with Gasteiger partial charge in [0, 0.05) is 38.6 Å². The predicted molar refractivity (Wildman–Crippen MR) is 108 cm³/mol. The molecule has 2 amide bonds. The standard InChI is InChI=1S/C19H23F3N4O3S/c1-11(2)29-9-15(27)26-6-4-25(5-7-26)14-8-13(19(20,21)22)17-16(24-14)12(10-30-17)18(28)23-3/h8,10-11H,4-7,9H2,1-3H3,(H,23,28). The summed E-state index contributed by atoms with van der Waals surface area (Å²) in [4.78, 5) is 32.0. The molecule has 1 saturated heterocycles. The van der Waals surface area contributed by atoms with Crippen molar-refractivity contribution in [1.82, 2.24) is 15.2 Å². The van der Waals surface area contributed by atoms with E-state index >= 15 is 0 Å². The molecule has 1 fully saturated rings. The number of carbonyl (C=O) groups excluding carboxylic acids is 2. The number of piperazine rings is 1. The van der Waals surface area contributed by atoms with Crippen LogP contribution in [0.25, 0.3) is 10.2 Å². The van der Waals surface area contributed by atoms with Gasteiger partial charge in [-0.15, -0.1) is 11.3 Å². The second-order valence-electron chi connectivity index (χ2n) is 7.16. The largest absolute Gasteiger partial charge is 0.417 e. The first-order valence-electron chi connectivity index (χ1n) is 9.47. The number of pyridine rings is 1. The highest BCUT2D eigenvalue weighted by atomic mass is 32.1. The third-order valence-corrected chi connectivity index (χ3v) is 5.79. The van der Waals surface area contributed by atoms with Crippen LogP contribution in [0.3, 0.4) is 0 Å². The van der Waals surface area contributed by atoms with Crippen LogP contribution in [0.2, 0.25) is 0 Å². The highest BCUT2D eigenvalue weighted by molar-refractivity contribution is 7.17. The van der Waals surface area contributed by atoms with E-state index in [-0.39, 0.29) is 40.2 Å². The van der Waals surface area contributed by atoms with Gasteiger partial charge < -0.3 is 19.9 Å². The number of alkyl halides is 3. The fraction of sp³-hybridized carbons (Fsp3) is 0.526. The molecule has 164 valence electrons. The first-order chi connectivity index (χ1) is 14.1. The molecule has 1 aliphatic heterocycles. The maximum atomic E-state index is 13.7. The van der Waals surface area contributed by atoms with Crippen molar-refractivity contribution in [3.05, 3.63) is 22.6 Å². The third kappa shape index (κ3) is 4.67. The van der Waals surface area contributed by atoms with E-state index in [2.05, 4.69) is 10.3 Å². The molecule has 1 aliphatic rings. The Labute approximate surface area is 175 Å². The normalized spacial score (nSPS) is 15.2. The zero-order valence-corrected chi connectivity index (χ0v) is 17.7. The molecule has 2 aromatic rings. The van der Waals surface area contributed by atoms with Gasteiger partial charge in [-0.3, -0.25) is 9.59 Å². The lowest BCUT2D eigenvalue weighted by Gasteiger charge is -2.35. The highest BCUT2D eigenvalue weighted by Gasteiger charge is 2.36. The summed E-state index contributed by atoms with van der Waals surface area (Å²) in [7, 11) is 1.42. The predicted octanol–water partition coefficient (Wildman–Crippen LogP) is 2.75. The number of aromatic nitrogens is 1. The first kappa shape index (κ1) is 22.3. The number of nitrogens with zero attached hydrogens (tertiary/aromatic N) is 3. The molecular formula is C19H23F3N4O3S. The number of carbonyl (C=O) groups is 2. The monoisotopic (exact) mass is 444 g/mol. The number of anilines is 1. The lowest BCUT2D eigenvalue weighted by atomic mass is 10.1. The van der Waals surface area contributed by atoms with Crippen LogP contribution in [0.15, 0.2) is 11.4 Å². The van der Waals surface area contributed by atoms with Crippen molar-refractivity contribution in [1.29, 1.82) is 0 Å². The number of rotatable bonds is 5. The molecule has 1 N–H and O–H groups in total. The van der Waals surface area contributed by atoms with Gasteiger partial charge in [-0.25, -0.2) is 4.98 Å². The second-order valence-corrected chi connectivity index (χ2v) is 8.04. The Morgan fingerprint density at radius 2 is 1.93 bits per heavy atom. The van der Waals surface area contributed by atoms with Crippen molar-refractivity contribution >= 4 is 39.2 Å². The van der Waals surface area contributed by atoms with E-state index in [1.165, 1.54) is 12.4 Å². The number of hydrogen-bond acceptors (Lipinski definition) is 6. The van der Waals surface area contributed by atoms with E-state index in [9.17, 15) is 22.8 Å². The molecule has 3 rings (SSSR count). The molecule has 0 spiro atoms. The van der Waals surface area contributed by atoms with Gasteiger partial charge >= 0.3 is 6.18 Å². The summed E-state index contributed by atoms with van der Waals surface area (Å²) in [6, 6.07) is 1.02. The number of hydrogen-bond donors (Lipinski definition) is 1. The summed E-state index contributed by atoms with van der Waals surface area (Å²) >= 11 is 0.850. The zero-order chi connectivity index (χ0) is 22.1. The molecule has 0 aromatic carbocycles. The van der Waals surface area contributed by atoms with E-state index < -0.39 is 17.6 Å². The number of fused-ring (bicyclic) bond motifs is 1. The molecular weight excluding hydrogens is 421 g/mol. The van der Waals surface area contributed by atoms with Crippen molar-refractivity contribution in [2.75, 3.05) is 44.7 Å². The summed E-state index contributed by atoms with van der Waals surface area (Å²) in [6.45, 7) is 5.03. The SMILES string of the molecule is CNC(=O)c1csc2c(C(F)(F)F)cc(N3CCN(C(=O)COC(C)C)CC3)nc12. The molecule has 7 nitrogen and oxygen atoms in total. The molecule has 0 aliphatic carbocycles. The number of nitrogens with one attached hydrogen (secondary N) is 1. The maximum Gasteiger partial charge on any atom is 0.417 e. The summed E-state index contributed by atoms with van der Waals surface area (Å²) in [5.74, 6) is -0.494. The molecule has 2 aromatic heterocycles. The van der Waals surface area contributed by atoms with E-state index in [4.69, 9.17) is 4.74 Å². The summed E-state index contributed by atoms with van der Waals surface area (Å²) < 4.78 is 46.3. The molecule has 11 heteroatoms. The van der Waals surface area contributed by atoms with Gasteiger partial charge in [0.05, 0.1) is 27.4 Å². The van der Waals surface area contributed by atoms with Crippen molar-refractivity contribution in [2.24, 2.45) is 0 Å². The van der Waals surface area contributed by atoms with Crippen LogP contribution in [-0.2, 0) is 15.7 Å². The lowest BCUT2D eigenvalue weighted by Crippen LogP contribution is -2.50.